The molecule has 0 unspecified atom stereocenters. The molecule has 0 saturated heterocycles. The summed E-state index contributed by atoms with van der Waals surface area (Å²) in [5.74, 6) is 0.912. The van der Waals surface area contributed by atoms with Crippen LogP contribution >= 0.6 is 0 Å². The summed E-state index contributed by atoms with van der Waals surface area (Å²) < 4.78 is 11.1. The smallest absolute Gasteiger partial charge is 0.119 e. The fourth-order valence-corrected chi connectivity index (χ4v) is 1.33. The first-order valence-electron chi connectivity index (χ1n) is 5.87. The van der Waals surface area contributed by atoms with Crippen molar-refractivity contribution in [2.24, 2.45) is 0 Å². The van der Waals surface area contributed by atoms with Crippen molar-refractivity contribution in [3.05, 3.63) is 29.8 Å². The lowest BCUT2D eigenvalue weighted by molar-refractivity contribution is -0.0163. The molecule has 0 aliphatic heterocycles. The third kappa shape index (κ3) is 5.17. The first kappa shape index (κ1) is 13.0. The molecule has 2 nitrogen and oxygen atoms in total. The highest BCUT2D eigenvalue weighted by Crippen LogP contribution is 2.13. The quantitative estimate of drug-likeness (QED) is 0.710. The molecule has 0 saturated carbocycles. The van der Waals surface area contributed by atoms with Crippen molar-refractivity contribution in [3.8, 4) is 5.75 Å². The Bertz CT molecular complexity index is 296. The standard InChI is InChI=1S/C14H22O2/c1-5-12-6-8-13(9-7-12)15-10-11-16-14(2,3)4/h6-9H,5,10-11H2,1-4H3. The van der Waals surface area contributed by atoms with Crippen molar-refractivity contribution >= 4 is 0 Å². The number of aryl methyl sites for hydroxylation is 1. The molecular weight excluding hydrogens is 200 g/mol. The van der Waals surface area contributed by atoms with E-state index in [1.807, 2.05) is 32.9 Å². The fourth-order valence-electron chi connectivity index (χ4n) is 1.33. The lowest BCUT2D eigenvalue weighted by atomic mass is 10.2. The summed E-state index contributed by atoms with van der Waals surface area (Å²) in [7, 11) is 0. The van der Waals surface area contributed by atoms with Gasteiger partial charge in [-0.1, -0.05) is 19.1 Å². The van der Waals surface area contributed by atoms with Gasteiger partial charge >= 0.3 is 0 Å². The van der Waals surface area contributed by atoms with Crippen molar-refractivity contribution in [1.29, 1.82) is 0 Å². The molecule has 16 heavy (non-hydrogen) atoms. The van der Waals surface area contributed by atoms with Gasteiger partial charge in [0.15, 0.2) is 0 Å². The highest BCUT2D eigenvalue weighted by Gasteiger charge is 2.09. The van der Waals surface area contributed by atoms with Crippen LogP contribution in [0, 0.1) is 0 Å². The molecule has 0 heterocycles. The Labute approximate surface area is 98.6 Å². The second-order valence-corrected chi connectivity index (χ2v) is 4.81. The summed E-state index contributed by atoms with van der Waals surface area (Å²) in [6.45, 7) is 9.50. The van der Waals surface area contributed by atoms with Crippen LogP contribution in [0.3, 0.4) is 0 Å². The largest absolute Gasteiger partial charge is 0.491 e. The SMILES string of the molecule is CCc1ccc(OCCOC(C)(C)C)cc1. The number of benzene rings is 1. The Kier molecular flexibility index (Phi) is 4.81. The van der Waals surface area contributed by atoms with E-state index < -0.39 is 0 Å². The second kappa shape index (κ2) is 5.90. The first-order valence-corrected chi connectivity index (χ1v) is 5.87. The highest BCUT2D eigenvalue weighted by atomic mass is 16.5. The van der Waals surface area contributed by atoms with Crippen molar-refractivity contribution in [3.63, 3.8) is 0 Å². The molecule has 0 bridgehead atoms. The van der Waals surface area contributed by atoms with E-state index in [0.717, 1.165) is 12.2 Å². The second-order valence-electron chi connectivity index (χ2n) is 4.81. The van der Waals surface area contributed by atoms with E-state index in [1.54, 1.807) is 0 Å². The van der Waals surface area contributed by atoms with Crippen LogP contribution in [-0.2, 0) is 11.2 Å². The van der Waals surface area contributed by atoms with Gasteiger partial charge in [-0.2, -0.15) is 0 Å². The topological polar surface area (TPSA) is 18.5 Å². The summed E-state index contributed by atoms with van der Waals surface area (Å²) in [5.41, 5.74) is 1.24. The maximum atomic E-state index is 5.58. The van der Waals surface area contributed by atoms with Crippen LogP contribution in [0.2, 0.25) is 0 Å². The Hall–Kier alpha value is -1.02. The molecule has 0 radical (unpaired) electrons. The number of hydrogen-bond donors (Lipinski definition) is 0. The van der Waals surface area contributed by atoms with Gasteiger partial charge in [0.05, 0.1) is 12.2 Å². The van der Waals surface area contributed by atoms with Crippen LogP contribution in [0.25, 0.3) is 0 Å². The molecule has 1 aromatic carbocycles. The van der Waals surface area contributed by atoms with E-state index in [9.17, 15) is 0 Å². The monoisotopic (exact) mass is 222 g/mol. The van der Waals surface area contributed by atoms with Crippen molar-refractivity contribution < 1.29 is 9.47 Å². The predicted molar refractivity (Wildman–Crippen MR) is 67.0 cm³/mol. The third-order valence-corrected chi connectivity index (χ3v) is 2.22. The molecule has 1 rings (SSSR count). The molecule has 0 spiro atoms. The number of ether oxygens (including phenoxy) is 2. The zero-order valence-electron chi connectivity index (χ0n) is 10.7. The molecule has 0 aliphatic rings. The minimum atomic E-state index is -0.0879. The number of hydrogen-bond acceptors (Lipinski definition) is 2. The lowest BCUT2D eigenvalue weighted by Gasteiger charge is -2.19. The van der Waals surface area contributed by atoms with Gasteiger partial charge in [-0.25, -0.2) is 0 Å². The van der Waals surface area contributed by atoms with Crippen LogP contribution in [0.1, 0.15) is 33.3 Å². The molecule has 0 amide bonds. The molecular formula is C14H22O2. The number of rotatable bonds is 5. The van der Waals surface area contributed by atoms with Crippen molar-refractivity contribution in [1.82, 2.24) is 0 Å². The van der Waals surface area contributed by atoms with E-state index in [0.29, 0.717) is 13.2 Å². The molecule has 0 atom stereocenters. The van der Waals surface area contributed by atoms with Gasteiger partial charge in [-0.05, 0) is 44.9 Å². The van der Waals surface area contributed by atoms with Gasteiger partial charge in [0.25, 0.3) is 0 Å². The molecule has 0 N–H and O–H groups in total. The highest BCUT2D eigenvalue weighted by molar-refractivity contribution is 5.27. The Morgan fingerprint density at radius 1 is 1.00 bits per heavy atom. The van der Waals surface area contributed by atoms with E-state index in [-0.39, 0.29) is 5.60 Å². The van der Waals surface area contributed by atoms with E-state index >= 15 is 0 Å². The lowest BCUT2D eigenvalue weighted by Crippen LogP contribution is -2.22. The van der Waals surface area contributed by atoms with Gasteiger partial charge in [-0.3, -0.25) is 0 Å². The fraction of sp³-hybridized carbons (Fsp3) is 0.571. The van der Waals surface area contributed by atoms with E-state index in [1.165, 1.54) is 5.56 Å². The zero-order chi connectivity index (χ0) is 12.0. The Balaban J connectivity index is 2.27. The maximum Gasteiger partial charge on any atom is 0.119 e. The zero-order valence-corrected chi connectivity index (χ0v) is 10.7. The van der Waals surface area contributed by atoms with Crippen LogP contribution in [0.15, 0.2) is 24.3 Å². The molecule has 0 aliphatic carbocycles. The summed E-state index contributed by atoms with van der Waals surface area (Å²) in [4.78, 5) is 0. The molecule has 90 valence electrons. The van der Waals surface area contributed by atoms with Gasteiger partial charge < -0.3 is 9.47 Å². The third-order valence-electron chi connectivity index (χ3n) is 2.22. The van der Waals surface area contributed by atoms with Gasteiger partial charge in [-0.15, -0.1) is 0 Å². The van der Waals surface area contributed by atoms with Crippen LogP contribution in [0.5, 0.6) is 5.75 Å². The molecule has 0 fully saturated rings. The molecule has 0 aromatic heterocycles. The van der Waals surface area contributed by atoms with E-state index in [4.69, 9.17) is 9.47 Å². The average molecular weight is 222 g/mol. The molecule has 2 heteroatoms. The normalized spacial score (nSPS) is 11.5. The Morgan fingerprint density at radius 3 is 2.12 bits per heavy atom. The summed E-state index contributed by atoms with van der Waals surface area (Å²) in [6.07, 6.45) is 1.06. The first-order chi connectivity index (χ1) is 7.51. The Morgan fingerprint density at radius 2 is 1.62 bits per heavy atom. The van der Waals surface area contributed by atoms with Gasteiger partial charge in [0, 0.05) is 0 Å². The van der Waals surface area contributed by atoms with Crippen LogP contribution in [-0.4, -0.2) is 18.8 Å². The van der Waals surface area contributed by atoms with Crippen molar-refractivity contribution in [2.75, 3.05) is 13.2 Å². The summed E-state index contributed by atoms with van der Waals surface area (Å²) in [6, 6.07) is 8.21. The van der Waals surface area contributed by atoms with Gasteiger partial charge in [0.1, 0.15) is 12.4 Å². The molecule has 1 aromatic rings. The predicted octanol–water partition coefficient (Wildman–Crippen LogP) is 3.44. The minimum absolute atomic E-state index is 0.0879. The average Bonchev–Trinajstić information content (AvgIpc) is 2.24. The van der Waals surface area contributed by atoms with Crippen LogP contribution in [0.4, 0.5) is 0 Å². The van der Waals surface area contributed by atoms with Crippen molar-refractivity contribution in [2.45, 2.75) is 39.7 Å². The summed E-state index contributed by atoms with van der Waals surface area (Å²) in [5, 5.41) is 0. The minimum Gasteiger partial charge on any atom is -0.491 e. The van der Waals surface area contributed by atoms with Crippen LogP contribution < -0.4 is 4.74 Å². The summed E-state index contributed by atoms with van der Waals surface area (Å²) >= 11 is 0. The van der Waals surface area contributed by atoms with Gasteiger partial charge in [0.2, 0.25) is 0 Å². The van der Waals surface area contributed by atoms with E-state index in [2.05, 4.69) is 19.1 Å². The maximum absolute atomic E-state index is 5.58.